The van der Waals surface area contributed by atoms with Crippen molar-refractivity contribution >= 4 is 23.4 Å². The Morgan fingerprint density at radius 3 is 2.12 bits per heavy atom. The number of aliphatic hydroxyl groups excluding tert-OH is 1. The van der Waals surface area contributed by atoms with Gasteiger partial charge in [0, 0.05) is 18.0 Å². The number of hydrogen-bond donors (Lipinski definition) is 1. The van der Waals surface area contributed by atoms with Crippen molar-refractivity contribution in [2.24, 2.45) is 0 Å². The maximum Gasteiger partial charge on any atom is 0.302 e. The summed E-state index contributed by atoms with van der Waals surface area (Å²) < 4.78 is 13.4. The number of benzene rings is 2. The van der Waals surface area contributed by atoms with E-state index >= 15 is 0 Å². The topological polar surface area (TPSA) is 83.4 Å². The molecule has 162 valence electrons. The van der Waals surface area contributed by atoms with Crippen LogP contribution >= 0.6 is 0 Å². The minimum Gasteiger partial charge on any atom is -0.507 e. The zero-order valence-electron chi connectivity index (χ0n) is 17.9. The van der Waals surface area contributed by atoms with Crippen LogP contribution in [0.1, 0.15) is 43.5 Å². The van der Waals surface area contributed by atoms with E-state index < -0.39 is 23.5 Å². The third-order valence-corrected chi connectivity index (χ3v) is 5.42. The second kappa shape index (κ2) is 8.00. The van der Waals surface area contributed by atoms with E-state index in [1.54, 1.807) is 6.07 Å². The number of nitrogens with zero attached hydrogens (tertiary/aromatic N) is 3. The quantitative estimate of drug-likeness (QED) is 0.374. The molecule has 1 saturated heterocycles. The van der Waals surface area contributed by atoms with Crippen LogP contribution in [0.15, 0.2) is 72.6 Å². The molecule has 6 nitrogen and oxygen atoms in total. The molecule has 0 radical (unpaired) electrons. The monoisotopic (exact) mass is 431 g/mol. The van der Waals surface area contributed by atoms with Crippen molar-refractivity contribution < 1.29 is 19.1 Å². The normalized spacial score (nSPS) is 18.2. The first kappa shape index (κ1) is 21.4. The van der Waals surface area contributed by atoms with Crippen molar-refractivity contribution in [1.29, 1.82) is 0 Å². The summed E-state index contributed by atoms with van der Waals surface area (Å²) in [5, 5.41) is 11.0. The number of carbonyl (C=O) groups excluding carboxylic acids is 2. The van der Waals surface area contributed by atoms with Gasteiger partial charge in [-0.05, 0) is 46.9 Å². The third-order valence-electron chi connectivity index (χ3n) is 5.42. The molecule has 0 saturated carbocycles. The molecule has 1 fully saturated rings. The van der Waals surface area contributed by atoms with E-state index in [9.17, 15) is 19.1 Å². The minimum atomic E-state index is -0.934. The molecule has 32 heavy (non-hydrogen) atoms. The van der Waals surface area contributed by atoms with Gasteiger partial charge >= 0.3 is 5.91 Å². The van der Waals surface area contributed by atoms with Crippen molar-refractivity contribution in [2.75, 3.05) is 4.90 Å². The van der Waals surface area contributed by atoms with Gasteiger partial charge < -0.3 is 5.11 Å². The summed E-state index contributed by atoms with van der Waals surface area (Å²) in [5.41, 5.74) is 1.74. The summed E-state index contributed by atoms with van der Waals surface area (Å²) in [7, 11) is 0. The van der Waals surface area contributed by atoms with Crippen molar-refractivity contribution in [3.05, 3.63) is 95.1 Å². The van der Waals surface area contributed by atoms with E-state index in [0.29, 0.717) is 5.56 Å². The lowest BCUT2D eigenvalue weighted by Gasteiger charge is -2.25. The molecule has 0 aliphatic carbocycles. The predicted molar refractivity (Wildman–Crippen MR) is 118 cm³/mol. The molecule has 2 aromatic carbocycles. The van der Waals surface area contributed by atoms with E-state index in [1.807, 2.05) is 24.3 Å². The Morgan fingerprint density at radius 1 is 0.969 bits per heavy atom. The van der Waals surface area contributed by atoms with Crippen molar-refractivity contribution in [3.63, 3.8) is 0 Å². The Kier molecular flexibility index (Phi) is 5.34. The van der Waals surface area contributed by atoms with E-state index in [0.717, 1.165) is 5.56 Å². The lowest BCUT2D eigenvalue weighted by atomic mass is 9.85. The van der Waals surface area contributed by atoms with E-state index in [4.69, 9.17) is 0 Å². The van der Waals surface area contributed by atoms with Crippen LogP contribution in [0.3, 0.4) is 0 Å². The fourth-order valence-electron chi connectivity index (χ4n) is 3.70. The van der Waals surface area contributed by atoms with Gasteiger partial charge in [0.25, 0.3) is 5.78 Å². The molecule has 1 aliphatic rings. The average molecular weight is 431 g/mol. The van der Waals surface area contributed by atoms with Gasteiger partial charge in [-0.2, -0.15) is 0 Å². The SMILES string of the molecule is CC(C)(C)c1ccc(C2/C(=C(/O)c3ccc(F)cc3)C(=O)C(=O)N2c2ncccn2)cc1. The molecule has 0 spiro atoms. The summed E-state index contributed by atoms with van der Waals surface area (Å²) in [6.45, 7) is 6.25. The number of amides is 1. The highest BCUT2D eigenvalue weighted by atomic mass is 19.1. The highest BCUT2D eigenvalue weighted by molar-refractivity contribution is 6.51. The molecular weight excluding hydrogens is 409 g/mol. The zero-order valence-corrected chi connectivity index (χ0v) is 17.9. The second-order valence-corrected chi connectivity index (χ2v) is 8.60. The van der Waals surface area contributed by atoms with Gasteiger partial charge in [0.1, 0.15) is 11.6 Å². The number of rotatable bonds is 3. The fraction of sp³-hybridized carbons (Fsp3) is 0.200. The largest absolute Gasteiger partial charge is 0.507 e. The molecule has 1 amide bonds. The lowest BCUT2D eigenvalue weighted by molar-refractivity contribution is -0.132. The van der Waals surface area contributed by atoms with Gasteiger partial charge in [-0.3, -0.25) is 14.5 Å². The predicted octanol–water partition coefficient (Wildman–Crippen LogP) is 4.54. The fourth-order valence-corrected chi connectivity index (χ4v) is 3.70. The first-order valence-electron chi connectivity index (χ1n) is 10.1. The molecule has 1 atom stereocenters. The summed E-state index contributed by atoms with van der Waals surface area (Å²) in [5.74, 6) is -2.51. The van der Waals surface area contributed by atoms with Gasteiger partial charge in [-0.25, -0.2) is 14.4 Å². The first-order valence-corrected chi connectivity index (χ1v) is 10.1. The van der Waals surface area contributed by atoms with Gasteiger partial charge in [-0.1, -0.05) is 45.0 Å². The average Bonchev–Trinajstić information content (AvgIpc) is 3.04. The number of aliphatic hydroxyl groups is 1. The van der Waals surface area contributed by atoms with Crippen LogP contribution in [-0.2, 0) is 15.0 Å². The molecule has 1 aromatic heterocycles. The molecule has 0 bridgehead atoms. The third kappa shape index (κ3) is 3.77. The molecular formula is C25H22FN3O3. The summed E-state index contributed by atoms with van der Waals surface area (Å²) in [6.07, 6.45) is 2.95. The van der Waals surface area contributed by atoms with E-state index in [-0.39, 0.29) is 28.3 Å². The Hall–Kier alpha value is -3.87. The summed E-state index contributed by atoms with van der Waals surface area (Å²) in [4.78, 5) is 35.5. The van der Waals surface area contributed by atoms with Crippen LogP contribution in [0, 0.1) is 5.82 Å². The smallest absolute Gasteiger partial charge is 0.302 e. The molecule has 1 N–H and O–H groups in total. The highest BCUT2D eigenvalue weighted by Crippen LogP contribution is 2.41. The number of hydrogen-bond acceptors (Lipinski definition) is 5. The second-order valence-electron chi connectivity index (χ2n) is 8.60. The Labute approximate surface area is 185 Å². The van der Waals surface area contributed by atoms with Crippen LogP contribution in [0.2, 0.25) is 0 Å². The number of Topliss-reactive ketones (excluding diaryl/α,β-unsaturated/α-hetero) is 1. The van der Waals surface area contributed by atoms with Crippen LogP contribution in [0.5, 0.6) is 0 Å². The Balaban J connectivity index is 1.91. The van der Waals surface area contributed by atoms with Crippen molar-refractivity contribution in [3.8, 4) is 0 Å². The number of aromatic nitrogens is 2. The van der Waals surface area contributed by atoms with E-state index in [2.05, 4.69) is 30.7 Å². The number of halogens is 1. The van der Waals surface area contributed by atoms with Crippen LogP contribution in [0.4, 0.5) is 10.3 Å². The van der Waals surface area contributed by atoms with Crippen molar-refractivity contribution in [1.82, 2.24) is 9.97 Å². The van der Waals surface area contributed by atoms with Crippen LogP contribution < -0.4 is 4.90 Å². The molecule has 3 aromatic rings. The number of anilines is 1. The Morgan fingerprint density at radius 2 is 1.56 bits per heavy atom. The van der Waals surface area contributed by atoms with Gasteiger partial charge in [0.2, 0.25) is 5.95 Å². The molecule has 1 unspecified atom stereocenters. The minimum absolute atomic E-state index is 0.0534. The summed E-state index contributed by atoms with van der Waals surface area (Å²) in [6, 6.07) is 13.3. The molecule has 4 rings (SSSR count). The highest BCUT2D eigenvalue weighted by Gasteiger charge is 2.48. The Bertz CT molecular complexity index is 1200. The lowest BCUT2D eigenvalue weighted by Crippen LogP contribution is -2.31. The zero-order chi connectivity index (χ0) is 23.0. The van der Waals surface area contributed by atoms with Crippen molar-refractivity contribution in [2.45, 2.75) is 32.2 Å². The van der Waals surface area contributed by atoms with Gasteiger partial charge in [0.15, 0.2) is 0 Å². The maximum atomic E-state index is 13.4. The molecule has 2 heterocycles. The van der Waals surface area contributed by atoms with Crippen LogP contribution in [-0.4, -0.2) is 26.8 Å². The van der Waals surface area contributed by atoms with Crippen LogP contribution in [0.25, 0.3) is 5.76 Å². The van der Waals surface area contributed by atoms with E-state index in [1.165, 1.54) is 41.6 Å². The standard InChI is InChI=1S/C25H22FN3O3/c1-25(2,3)17-9-5-15(6-10-17)20-19(21(30)16-7-11-18(26)12-8-16)22(31)23(32)29(20)24-27-13-4-14-28-24/h4-14,20,30H,1-3H3/b21-19-. The van der Waals surface area contributed by atoms with Gasteiger partial charge in [0.05, 0.1) is 11.6 Å². The molecule has 1 aliphatic heterocycles. The first-order chi connectivity index (χ1) is 15.2. The number of carbonyl (C=O) groups is 2. The number of ketones is 1. The van der Waals surface area contributed by atoms with Gasteiger partial charge in [-0.15, -0.1) is 0 Å². The molecule has 7 heteroatoms. The maximum absolute atomic E-state index is 13.4. The summed E-state index contributed by atoms with van der Waals surface area (Å²) >= 11 is 0.